The summed E-state index contributed by atoms with van der Waals surface area (Å²) in [6.07, 6.45) is 0. The van der Waals surface area contributed by atoms with Crippen LogP contribution in [0, 0.1) is 0 Å². The lowest BCUT2D eigenvalue weighted by molar-refractivity contribution is 1.62. The second kappa shape index (κ2) is 7.41. The first-order valence-electron chi connectivity index (χ1n) is 12.5. The molecule has 0 fully saturated rings. The van der Waals surface area contributed by atoms with Crippen molar-refractivity contribution >= 4 is 32.3 Å². The van der Waals surface area contributed by atoms with E-state index < -0.39 is 0 Å². The molecule has 7 aromatic carbocycles. The molecule has 0 nitrogen and oxygen atoms in total. The highest BCUT2D eigenvalue weighted by Crippen LogP contribution is 2.55. The molecule has 166 valence electrons. The molecule has 0 aromatic heterocycles. The molecule has 0 bridgehead atoms. The lowest BCUT2D eigenvalue weighted by Gasteiger charge is -2.18. The van der Waals surface area contributed by atoms with Crippen molar-refractivity contribution in [1.29, 1.82) is 0 Å². The topological polar surface area (TPSA) is 0 Å². The molecule has 0 N–H and O–H groups in total. The number of rotatable bonds is 2. The number of hydrogen-bond donors (Lipinski definition) is 0. The van der Waals surface area contributed by atoms with E-state index in [2.05, 4.69) is 133 Å². The minimum atomic E-state index is 1.27. The van der Waals surface area contributed by atoms with Gasteiger partial charge in [0.1, 0.15) is 0 Å². The van der Waals surface area contributed by atoms with Crippen LogP contribution in [-0.4, -0.2) is 0 Å². The molecular formula is C36H22. The zero-order chi connectivity index (χ0) is 23.6. The predicted molar refractivity (Wildman–Crippen MR) is 154 cm³/mol. The predicted octanol–water partition coefficient (Wildman–Crippen LogP) is 10.1. The average Bonchev–Trinajstić information content (AvgIpc) is 3.29. The van der Waals surface area contributed by atoms with Crippen LogP contribution in [0.2, 0.25) is 0 Å². The molecule has 0 saturated carbocycles. The highest BCUT2D eigenvalue weighted by atomic mass is 14.3. The maximum atomic E-state index is 2.35. The van der Waals surface area contributed by atoms with Crippen LogP contribution in [0.15, 0.2) is 133 Å². The van der Waals surface area contributed by atoms with Gasteiger partial charge in [-0.05, 0) is 76.8 Å². The Morgan fingerprint density at radius 2 is 0.639 bits per heavy atom. The maximum absolute atomic E-state index is 2.35. The van der Waals surface area contributed by atoms with Crippen molar-refractivity contribution in [3.63, 3.8) is 0 Å². The van der Waals surface area contributed by atoms with Crippen LogP contribution in [0.3, 0.4) is 0 Å². The monoisotopic (exact) mass is 454 g/mol. The molecule has 7 aromatic rings. The first-order chi connectivity index (χ1) is 17.9. The molecule has 1 aliphatic rings. The highest BCUT2D eigenvalue weighted by molar-refractivity contribution is 6.22. The molecule has 0 radical (unpaired) electrons. The molecule has 0 spiro atoms. The Kier molecular flexibility index (Phi) is 4.03. The Hall–Kier alpha value is -4.68. The van der Waals surface area contributed by atoms with Gasteiger partial charge in [-0.15, -0.1) is 0 Å². The van der Waals surface area contributed by atoms with E-state index in [-0.39, 0.29) is 0 Å². The maximum Gasteiger partial charge on any atom is -0.00137 e. The van der Waals surface area contributed by atoms with Gasteiger partial charge in [-0.1, -0.05) is 133 Å². The first kappa shape index (κ1) is 19.6. The molecule has 0 heteroatoms. The third-order valence-electron chi connectivity index (χ3n) is 7.81. The van der Waals surface area contributed by atoms with Crippen LogP contribution < -0.4 is 0 Å². The van der Waals surface area contributed by atoms with E-state index in [1.165, 1.54) is 76.8 Å². The summed E-state index contributed by atoms with van der Waals surface area (Å²) in [4.78, 5) is 0. The zero-order valence-electron chi connectivity index (χ0n) is 19.7. The molecule has 0 amide bonds. The van der Waals surface area contributed by atoms with Gasteiger partial charge in [-0.25, -0.2) is 0 Å². The summed E-state index contributed by atoms with van der Waals surface area (Å²) in [5.41, 5.74) is 10.6. The zero-order valence-corrected chi connectivity index (χ0v) is 19.7. The van der Waals surface area contributed by atoms with Crippen molar-refractivity contribution in [1.82, 2.24) is 0 Å². The minimum absolute atomic E-state index is 1.27. The normalized spacial score (nSPS) is 11.9. The molecule has 0 unspecified atom stereocenters. The van der Waals surface area contributed by atoms with Crippen molar-refractivity contribution < 1.29 is 0 Å². The van der Waals surface area contributed by atoms with Gasteiger partial charge < -0.3 is 0 Å². The van der Waals surface area contributed by atoms with E-state index >= 15 is 0 Å². The van der Waals surface area contributed by atoms with Gasteiger partial charge in [-0.2, -0.15) is 0 Å². The number of hydrogen-bond acceptors (Lipinski definition) is 0. The van der Waals surface area contributed by atoms with Crippen molar-refractivity contribution in [3.8, 4) is 44.5 Å². The van der Waals surface area contributed by atoms with Crippen LogP contribution >= 0.6 is 0 Å². The minimum Gasteiger partial charge on any atom is -0.0616 e. The fourth-order valence-electron chi connectivity index (χ4n) is 6.29. The van der Waals surface area contributed by atoms with Crippen molar-refractivity contribution in [2.75, 3.05) is 0 Å². The molecule has 0 heterocycles. The lowest BCUT2D eigenvalue weighted by atomic mass is 9.85. The summed E-state index contributed by atoms with van der Waals surface area (Å²) in [6.45, 7) is 0. The molecule has 36 heavy (non-hydrogen) atoms. The Bertz CT molecular complexity index is 1840. The lowest BCUT2D eigenvalue weighted by Crippen LogP contribution is -1.91. The highest BCUT2D eigenvalue weighted by Gasteiger charge is 2.28. The van der Waals surface area contributed by atoms with Crippen LogP contribution in [0.4, 0.5) is 0 Å². The van der Waals surface area contributed by atoms with Crippen molar-refractivity contribution in [3.05, 3.63) is 133 Å². The van der Waals surface area contributed by atoms with Crippen LogP contribution in [0.25, 0.3) is 76.8 Å². The summed E-state index contributed by atoms with van der Waals surface area (Å²) in [5.74, 6) is 0. The standard InChI is InChI=1S/C36H22/c1-3-15-26-23(9-1)11-5-17-28(26)30-21-22-31(29-18-6-12-24-10-2-4-16-27(24)29)36-33-20-8-14-25-13-7-19-32(34(25)33)35(30)36/h1-22H. The van der Waals surface area contributed by atoms with Gasteiger partial charge in [0.15, 0.2) is 0 Å². The smallest absolute Gasteiger partial charge is 0.00137 e. The molecular weight excluding hydrogens is 432 g/mol. The molecule has 0 saturated heterocycles. The second-order valence-electron chi connectivity index (χ2n) is 9.67. The fourth-order valence-corrected chi connectivity index (χ4v) is 6.29. The van der Waals surface area contributed by atoms with Crippen LogP contribution in [-0.2, 0) is 0 Å². The van der Waals surface area contributed by atoms with Gasteiger partial charge in [0.2, 0.25) is 0 Å². The van der Waals surface area contributed by atoms with Gasteiger partial charge in [0.25, 0.3) is 0 Å². The van der Waals surface area contributed by atoms with Crippen molar-refractivity contribution in [2.45, 2.75) is 0 Å². The molecule has 1 aliphatic carbocycles. The molecule has 8 rings (SSSR count). The quantitative estimate of drug-likeness (QED) is 0.244. The van der Waals surface area contributed by atoms with Crippen molar-refractivity contribution in [2.24, 2.45) is 0 Å². The van der Waals surface area contributed by atoms with E-state index in [0.717, 1.165) is 0 Å². The summed E-state index contributed by atoms with van der Waals surface area (Å²) in [5, 5.41) is 7.80. The van der Waals surface area contributed by atoms with E-state index in [1.807, 2.05) is 0 Å². The van der Waals surface area contributed by atoms with Gasteiger partial charge >= 0.3 is 0 Å². The Morgan fingerprint density at radius 3 is 1.14 bits per heavy atom. The third kappa shape index (κ3) is 2.64. The summed E-state index contributed by atoms with van der Waals surface area (Å²) in [7, 11) is 0. The number of benzene rings is 7. The van der Waals surface area contributed by atoms with Crippen LogP contribution in [0.5, 0.6) is 0 Å². The van der Waals surface area contributed by atoms with Gasteiger partial charge in [0, 0.05) is 0 Å². The average molecular weight is 455 g/mol. The van der Waals surface area contributed by atoms with E-state index in [9.17, 15) is 0 Å². The summed E-state index contributed by atoms with van der Waals surface area (Å²) >= 11 is 0. The largest absolute Gasteiger partial charge is 0.0616 e. The van der Waals surface area contributed by atoms with Crippen LogP contribution in [0.1, 0.15) is 0 Å². The number of fused-ring (bicyclic) bond motifs is 5. The van der Waals surface area contributed by atoms with Gasteiger partial charge in [0.05, 0.1) is 0 Å². The SMILES string of the molecule is c1ccc2c(-c3ccc(-c4cccc5ccccc45)c4c3-c3cccc5cccc-4c35)cccc2c1. The Labute approximate surface area is 210 Å². The molecule has 0 aliphatic heterocycles. The van der Waals surface area contributed by atoms with E-state index in [1.54, 1.807) is 0 Å². The molecule has 0 atom stereocenters. The Balaban J connectivity index is 1.54. The Morgan fingerprint density at radius 1 is 0.250 bits per heavy atom. The summed E-state index contributed by atoms with van der Waals surface area (Å²) < 4.78 is 0. The van der Waals surface area contributed by atoms with E-state index in [0.29, 0.717) is 0 Å². The van der Waals surface area contributed by atoms with Gasteiger partial charge in [-0.3, -0.25) is 0 Å². The third-order valence-corrected chi connectivity index (χ3v) is 7.81. The summed E-state index contributed by atoms with van der Waals surface area (Å²) in [6, 6.07) is 49.0. The fraction of sp³-hybridized carbons (Fsp3) is 0. The second-order valence-corrected chi connectivity index (χ2v) is 9.67. The van der Waals surface area contributed by atoms with E-state index in [4.69, 9.17) is 0 Å². The first-order valence-corrected chi connectivity index (χ1v) is 12.5.